The Balaban J connectivity index is 1.80. The molecule has 120 valence electrons. The van der Waals surface area contributed by atoms with Crippen LogP contribution in [-0.2, 0) is 9.53 Å². The average molecular weight is 300 g/mol. The maximum Gasteiger partial charge on any atom is 0.305 e. The third-order valence-electron chi connectivity index (χ3n) is 4.73. The Kier molecular flexibility index (Phi) is 6.23. The molecule has 2 rings (SSSR count). The van der Waals surface area contributed by atoms with Crippen molar-refractivity contribution in [3.63, 3.8) is 0 Å². The average Bonchev–Trinajstić information content (AvgIpc) is 2.52. The molecule has 0 fully saturated rings. The van der Waals surface area contributed by atoms with E-state index >= 15 is 0 Å². The molecule has 1 aromatic carbocycles. The van der Waals surface area contributed by atoms with Gasteiger partial charge in [-0.3, -0.25) is 4.79 Å². The highest BCUT2D eigenvalue weighted by Gasteiger charge is 2.22. The minimum absolute atomic E-state index is 0.0877. The minimum atomic E-state index is -0.0877. The van der Waals surface area contributed by atoms with Crippen molar-refractivity contribution in [2.24, 2.45) is 5.92 Å². The van der Waals surface area contributed by atoms with Gasteiger partial charge in [-0.2, -0.15) is 0 Å². The number of hydrogen-bond donors (Lipinski definition) is 0. The van der Waals surface area contributed by atoms with Gasteiger partial charge in [0.25, 0.3) is 0 Å². The van der Waals surface area contributed by atoms with Gasteiger partial charge in [0, 0.05) is 6.42 Å². The first-order chi connectivity index (χ1) is 10.6. The predicted octanol–water partition coefficient (Wildman–Crippen LogP) is 5.26. The number of rotatable bonds is 7. The zero-order chi connectivity index (χ0) is 15.9. The third-order valence-corrected chi connectivity index (χ3v) is 4.73. The Morgan fingerprint density at radius 2 is 1.95 bits per heavy atom. The van der Waals surface area contributed by atoms with Crippen LogP contribution in [0.1, 0.15) is 68.1 Å². The zero-order valence-electron chi connectivity index (χ0n) is 14.1. The normalized spacial score (nSPS) is 19.8. The molecule has 2 heteroatoms. The van der Waals surface area contributed by atoms with E-state index in [2.05, 4.69) is 48.9 Å². The summed E-state index contributed by atoms with van der Waals surface area (Å²) < 4.78 is 4.67. The van der Waals surface area contributed by atoms with Gasteiger partial charge in [0.1, 0.15) is 0 Å². The molecule has 0 saturated carbocycles. The number of allylic oxidation sites excluding steroid dienone is 1. The number of hydrogen-bond acceptors (Lipinski definition) is 2. The van der Waals surface area contributed by atoms with E-state index in [9.17, 15) is 4.79 Å². The van der Waals surface area contributed by atoms with Crippen molar-refractivity contribution in [3.05, 3.63) is 41.0 Å². The van der Waals surface area contributed by atoms with Crippen molar-refractivity contribution >= 4 is 12.0 Å². The summed E-state index contributed by atoms with van der Waals surface area (Å²) in [6.07, 6.45) is 10.9. The Morgan fingerprint density at radius 1 is 1.18 bits per heavy atom. The molecular formula is C20H28O2. The molecule has 1 aliphatic carbocycles. The Bertz CT molecular complexity index is 531. The topological polar surface area (TPSA) is 26.3 Å². The molecule has 0 aromatic heterocycles. The van der Waals surface area contributed by atoms with Crippen molar-refractivity contribution in [2.75, 3.05) is 7.11 Å². The number of aryl methyl sites for hydroxylation is 1. The number of ether oxygens (including phenoxy) is 1. The lowest BCUT2D eigenvalue weighted by atomic mass is 9.77. The molecule has 2 unspecified atom stereocenters. The van der Waals surface area contributed by atoms with Crippen LogP contribution < -0.4 is 0 Å². The second-order valence-corrected chi connectivity index (χ2v) is 6.49. The molecule has 0 aliphatic heterocycles. The Hall–Kier alpha value is -1.57. The molecule has 1 aliphatic rings. The van der Waals surface area contributed by atoms with Crippen LogP contribution in [0.3, 0.4) is 0 Å². The van der Waals surface area contributed by atoms with E-state index in [-0.39, 0.29) is 5.97 Å². The summed E-state index contributed by atoms with van der Waals surface area (Å²) in [5.41, 5.74) is 4.24. The monoisotopic (exact) mass is 300 g/mol. The second kappa shape index (κ2) is 8.17. The first-order valence-corrected chi connectivity index (χ1v) is 8.47. The standard InChI is InChI=1S/C20H28O2/c1-15-10-13-19-17(14-15)12-11-16(2)18(19)8-6-4-5-7-9-20(21)22-3/h10-14,16,18H,4-9H2,1-3H3. The van der Waals surface area contributed by atoms with Crippen LogP contribution in [-0.4, -0.2) is 13.1 Å². The van der Waals surface area contributed by atoms with Gasteiger partial charge < -0.3 is 4.74 Å². The summed E-state index contributed by atoms with van der Waals surface area (Å²) >= 11 is 0. The quantitative estimate of drug-likeness (QED) is 0.507. The second-order valence-electron chi connectivity index (χ2n) is 6.49. The molecule has 0 N–H and O–H groups in total. The number of benzene rings is 1. The van der Waals surface area contributed by atoms with Gasteiger partial charge in [0.05, 0.1) is 7.11 Å². The first-order valence-electron chi connectivity index (χ1n) is 8.47. The van der Waals surface area contributed by atoms with E-state index in [1.807, 2.05) is 0 Å². The van der Waals surface area contributed by atoms with E-state index in [1.54, 1.807) is 0 Å². The minimum Gasteiger partial charge on any atom is -0.469 e. The van der Waals surface area contributed by atoms with Gasteiger partial charge in [-0.15, -0.1) is 0 Å². The van der Waals surface area contributed by atoms with Crippen LogP contribution in [0.15, 0.2) is 24.3 Å². The van der Waals surface area contributed by atoms with Crippen LogP contribution >= 0.6 is 0 Å². The molecule has 0 spiro atoms. The van der Waals surface area contributed by atoms with Crippen LogP contribution in [0.4, 0.5) is 0 Å². The van der Waals surface area contributed by atoms with Gasteiger partial charge >= 0.3 is 5.97 Å². The van der Waals surface area contributed by atoms with E-state index in [4.69, 9.17) is 0 Å². The predicted molar refractivity (Wildman–Crippen MR) is 91.8 cm³/mol. The highest BCUT2D eigenvalue weighted by atomic mass is 16.5. The summed E-state index contributed by atoms with van der Waals surface area (Å²) in [6, 6.07) is 6.84. The van der Waals surface area contributed by atoms with Crippen LogP contribution in [0.2, 0.25) is 0 Å². The maximum atomic E-state index is 11.1. The lowest BCUT2D eigenvalue weighted by Gasteiger charge is -2.28. The fourth-order valence-electron chi connectivity index (χ4n) is 3.36. The third kappa shape index (κ3) is 4.46. The number of fused-ring (bicyclic) bond motifs is 1. The lowest BCUT2D eigenvalue weighted by molar-refractivity contribution is -0.140. The van der Waals surface area contributed by atoms with E-state index in [0.717, 1.165) is 12.8 Å². The number of methoxy groups -OCH3 is 1. The Labute approximate surface area is 134 Å². The van der Waals surface area contributed by atoms with Gasteiger partial charge in [0.15, 0.2) is 0 Å². The Morgan fingerprint density at radius 3 is 2.73 bits per heavy atom. The smallest absolute Gasteiger partial charge is 0.305 e. The summed E-state index contributed by atoms with van der Waals surface area (Å²) in [4.78, 5) is 11.1. The molecule has 1 aromatic rings. The van der Waals surface area contributed by atoms with Crippen molar-refractivity contribution in [1.82, 2.24) is 0 Å². The fraction of sp³-hybridized carbons (Fsp3) is 0.550. The van der Waals surface area contributed by atoms with Crippen LogP contribution in [0.5, 0.6) is 0 Å². The van der Waals surface area contributed by atoms with Gasteiger partial charge in [0.2, 0.25) is 0 Å². The first kappa shape index (κ1) is 16.8. The van der Waals surface area contributed by atoms with Crippen molar-refractivity contribution in [1.29, 1.82) is 0 Å². The van der Waals surface area contributed by atoms with Crippen molar-refractivity contribution < 1.29 is 9.53 Å². The molecule has 0 heterocycles. The summed E-state index contributed by atoms with van der Waals surface area (Å²) in [6.45, 7) is 4.48. The highest BCUT2D eigenvalue weighted by Crippen LogP contribution is 2.37. The van der Waals surface area contributed by atoms with Crippen LogP contribution in [0, 0.1) is 12.8 Å². The van der Waals surface area contributed by atoms with Crippen molar-refractivity contribution in [2.45, 2.75) is 58.3 Å². The van der Waals surface area contributed by atoms with E-state index < -0.39 is 0 Å². The molecule has 0 saturated heterocycles. The largest absolute Gasteiger partial charge is 0.469 e. The fourth-order valence-corrected chi connectivity index (χ4v) is 3.36. The molecule has 2 atom stereocenters. The molecule has 0 amide bonds. The van der Waals surface area contributed by atoms with Crippen LogP contribution in [0.25, 0.3) is 6.08 Å². The molecule has 22 heavy (non-hydrogen) atoms. The number of carbonyl (C=O) groups is 1. The summed E-state index contributed by atoms with van der Waals surface area (Å²) in [5.74, 6) is 1.17. The number of carbonyl (C=O) groups excluding carboxylic acids is 1. The molecular weight excluding hydrogens is 272 g/mol. The zero-order valence-corrected chi connectivity index (χ0v) is 14.1. The molecule has 0 radical (unpaired) electrons. The number of unbranched alkanes of at least 4 members (excludes halogenated alkanes) is 3. The summed E-state index contributed by atoms with van der Waals surface area (Å²) in [5, 5.41) is 0. The van der Waals surface area contributed by atoms with Gasteiger partial charge in [-0.1, -0.05) is 62.1 Å². The van der Waals surface area contributed by atoms with Gasteiger partial charge in [-0.05, 0) is 42.7 Å². The maximum absolute atomic E-state index is 11.1. The molecule has 0 bridgehead atoms. The SMILES string of the molecule is COC(=O)CCCCCCC1c2ccc(C)cc2C=CC1C. The van der Waals surface area contributed by atoms with E-state index in [1.165, 1.54) is 43.1 Å². The highest BCUT2D eigenvalue weighted by molar-refractivity contribution is 5.68. The lowest BCUT2D eigenvalue weighted by Crippen LogP contribution is -2.13. The molecule has 2 nitrogen and oxygen atoms in total. The number of esters is 1. The summed E-state index contributed by atoms with van der Waals surface area (Å²) in [7, 11) is 1.46. The van der Waals surface area contributed by atoms with E-state index in [0.29, 0.717) is 18.3 Å². The van der Waals surface area contributed by atoms with Gasteiger partial charge in [-0.25, -0.2) is 0 Å². The van der Waals surface area contributed by atoms with Crippen molar-refractivity contribution in [3.8, 4) is 0 Å².